The molecule has 0 bridgehead atoms. The van der Waals surface area contributed by atoms with Gasteiger partial charge in [-0.15, -0.1) is 12.4 Å². The fraction of sp³-hybridized carbons (Fsp3) is 0.409. The Morgan fingerprint density at radius 3 is 2.62 bits per heavy atom. The highest BCUT2D eigenvalue weighted by Crippen LogP contribution is 2.33. The summed E-state index contributed by atoms with van der Waals surface area (Å²) in [7, 11) is 0. The standard InChI is InChI=1S/C22H25N5O.ClH/c1-2-4-19-15(3-1)5-6-20(27-19)26-17-13-18(14-17)28-22-21(24-11-12-25-22)16-7-9-23-10-8-16;/h1-6,11-12,16-18,23H,7-10,13-14H2,(H,26,27);1H. The van der Waals surface area contributed by atoms with Crippen LogP contribution in [-0.4, -0.2) is 40.2 Å². The Bertz CT molecular complexity index is 957. The molecule has 0 amide bonds. The van der Waals surface area contributed by atoms with Gasteiger partial charge in [0.1, 0.15) is 17.6 Å². The van der Waals surface area contributed by atoms with Gasteiger partial charge in [0.05, 0.1) is 5.52 Å². The van der Waals surface area contributed by atoms with E-state index in [1.807, 2.05) is 18.2 Å². The summed E-state index contributed by atoms with van der Waals surface area (Å²) in [5.41, 5.74) is 2.04. The SMILES string of the molecule is Cl.c1ccc2nc(NC3CC(Oc4nccnc4C4CCNCC4)C3)ccc2c1. The number of nitrogens with one attached hydrogen (secondary N) is 2. The molecular formula is C22H26ClN5O. The second kappa shape index (κ2) is 8.93. The summed E-state index contributed by atoms with van der Waals surface area (Å²) in [5, 5.41) is 8.10. The molecule has 2 aromatic heterocycles. The quantitative estimate of drug-likeness (QED) is 0.662. The maximum absolute atomic E-state index is 6.22. The molecule has 1 saturated carbocycles. The largest absolute Gasteiger partial charge is 0.473 e. The van der Waals surface area contributed by atoms with Crippen molar-refractivity contribution in [2.45, 2.75) is 43.7 Å². The Morgan fingerprint density at radius 2 is 1.76 bits per heavy atom. The molecule has 0 unspecified atom stereocenters. The Hall–Kier alpha value is -2.44. The van der Waals surface area contributed by atoms with Crippen molar-refractivity contribution in [1.29, 1.82) is 0 Å². The van der Waals surface area contributed by atoms with Crippen molar-refractivity contribution in [2.24, 2.45) is 0 Å². The van der Waals surface area contributed by atoms with Gasteiger partial charge in [-0.25, -0.2) is 9.97 Å². The maximum Gasteiger partial charge on any atom is 0.236 e. The summed E-state index contributed by atoms with van der Waals surface area (Å²) < 4.78 is 6.22. The number of fused-ring (bicyclic) bond motifs is 1. The first-order valence-electron chi connectivity index (χ1n) is 10.2. The highest BCUT2D eigenvalue weighted by Gasteiger charge is 2.33. The number of hydrogen-bond donors (Lipinski definition) is 2. The first-order chi connectivity index (χ1) is 13.8. The summed E-state index contributed by atoms with van der Waals surface area (Å²) in [6.45, 7) is 2.07. The molecule has 3 heterocycles. The third-order valence-electron chi connectivity index (χ3n) is 5.74. The zero-order chi connectivity index (χ0) is 18.8. The lowest BCUT2D eigenvalue weighted by Gasteiger charge is -2.36. The van der Waals surface area contributed by atoms with Crippen LogP contribution in [-0.2, 0) is 0 Å². The minimum Gasteiger partial charge on any atom is -0.473 e. The number of ether oxygens (including phenoxy) is 1. The third-order valence-corrected chi connectivity index (χ3v) is 5.74. The zero-order valence-corrected chi connectivity index (χ0v) is 17.1. The normalized spacial score (nSPS) is 21.8. The molecule has 0 radical (unpaired) electrons. The van der Waals surface area contributed by atoms with Crippen LogP contribution in [0.25, 0.3) is 10.9 Å². The Balaban J connectivity index is 0.00000205. The van der Waals surface area contributed by atoms with E-state index in [4.69, 9.17) is 9.72 Å². The van der Waals surface area contributed by atoms with Crippen molar-refractivity contribution < 1.29 is 4.74 Å². The van der Waals surface area contributed by atoms with Crippen LogP contribution in [0.15, 0.2) is 48.8 Å². The predicted octanol–water partition coefficient (Wildman–Crippen LogP) is 3.94. The van der Waals surface area contributed by atoms with Crippen LogP contribution >= 0.6 is 12.4 Å². The Morgan fingerprint density at radius 1 is 0.966 bits per heavy atom. The molecule has 0 spiro atoms. The van der Waals surface area contributed by atoms with Crippen molar-refractivity contribution in [3.8, 4) is 5.88 Å². The number of anilines is 1. The van der Waals surface area contributed by atoms with E-state index in [0.717, 1.165) is 67.1 Å². The van der Waals surface area contributed by atoms with E-state index in [0.29, 0.717) is 12.0 Å². The lowest BCUT2D eigenvalue weighted by Crippen LogP contribution is -2.43. The molecule has 0 atom stereocenters. The molecule has 1 saturated heterocycles. The van der Waals surface area contributed by atoms with Crippen LogP contribution in [0.4, 0.5) is 5.82 Å². The third kappa shape index (κ3) is 4.43. The molecule has 1 aliphatic carbocycles. The first kappa shape index (κ1) is 19.9. The van der Waals surface area contributed by atoms with Crippen LogP contribution < -0.4 is 15.4 Å². The lowest BCUT2D eigenvalue weighted by molar-refractivity contribution is 0.0997. The molecule has 1 aliphatic heterocycles. The van der Waals surface area contributed by atoms with Crippen LogP contribution in [0.1, 0.15) is 37.3 Å². The van der Waals surface area contributed by atoms with Crippen molar-refractivity contribution >= 4 is 29.1 Å². The number of aromatic nitrogens is 3. The average Bonchev–Trinajstić information content (AvgIpc) is 2.73. The van der Waals surface area contributed by atoms with E-state index in [1.165, 1.54) is 0 Å². The second-order valence-electron chi connectivity index (χ2n) is 7.71. The van der Waals surface area contributed by atoms with Gasteiger partial charge < -0.3 is 15.4 Å². The van der Waals surface area contributed by atoms with Gasteiger partial charge in [0.2, 0.25) is 5.88 Å². The lowest BCUT2D eigenvalue weighted by atomic mass is 9.89. The predicted molar refractivity (Wildman–Crippen MR) is 117 cm³/mol. The number of piperidine rings is 1. The van der Waals surface area contributed by atoms with Crippen molar-refractivity contribution in [2.75, 3.05) is 18.4 Å². The number of rotatable bonds is 5. The van der Waals surface area contributed by atoms with Gasteiger partial charge in [-0.1, -0.05) is 18.2 Å². The van der Waals surface area contributed by atoms with Crippen molar-refractivity contribution in [1.82, 2.24) is 20.3 Å². The number of hydrogen-bond acceptors (Lipinski definition) is 6. The van der Waals surface area contributed by atoms with Crippen molar-refractivity contribution in [3.05, 3.63) is 54.5 Å². The maximum atomic E-state index is 6.22. The highest BCUT2D eigenvalue weighted by molar-refractivity contribution is 5.85. The van der Waals surface area contributed by atoms with E-state index in [2.05, 4.69) is 38.8 Å². The minimum absolute atomic E-state index is 0. The molecule has 2 aliphatic rings. The summed E-state index contributed by atoms with van der Waals surface area (Å²) >= 11 is 0. The molecule has 2 N–H and O–H groups in total. The smallest absolute Gasteiger partial charge is 0.236 e. The molecule has 5 rings (SSSR count). The first-order valence-corrected chi connectivity index (χ1v) is 10.2. The summed E-state index contributed by atoms with van der Waals surface area (Å²) in [4.78, 5) is 13.8. The van der Waals surface area contributed by atoms with Gasteiger partial charge in [0.25, 0.3) is 0 Å². The van der Waals surface area contributed by atoms with Gasteiger partial charge >= 0.3 is 0 Å². The molecule has 1 aromatic carbocycles. The van der Waals surface area contributed by atoms with Gasteiger partial charge in [-0.3, -0.25) is 4.98 Å². The summed E-state index contributed by atoms with van der Waals surface area (Å²) in [6, 6.07) is 12.7. The van der Waals surface area contributed by atoms with Gasteiger partial charge in [-0.05, 0) is 44.1 Å². The zero-order valence-electron chi connectivity index (χ0n) is 16.3. The van der Waals surface area contributed by atoms with E-state index in [9.17, 15) is 0 Å². The van der Waals surface area contributed by atoms with E-state index in [-0.39, 0.29) is 18.5 Å². The van der Waals surface area contributed by atoms with Gasteiger partial charge in [0, 0.05) is 42.6 Å². The Kier molecular flexibility index (Phi) is 6.11. The molecule has 6 nitrogen and oxygen atoms in total. The monoisotopic (exact) mass is 411 g/mol. The summed E-state index contributed by atoms with van der Waals surface area (Å²) in [6.07, 6.45) is 7.80. The van der Waals surface area contributed by atoms with Gasteiger partial charge in [-0.2, -0.15) is 0 Å². The number of para-hydroxylation sites is 1. The average molecular weight is 412 g/mol. The molecule has 7 heteroatoms. The second-order valence-corrected chi connectivity index (χ2v) is 7.71. The molecule has 29 heavy (non-hydrogen) atoms. The highest BCUT2D eigenvalue weighted by atomic mass is 35.5. The van der Waals surface area contributed by atoms with E-state index >= 15 is 0 Å². The number of benzene rings is 1. The Labute approximate surface area is 176 Å². The van der Waals surface area contributed by atoms with E-state index in [1.54, 1.807) is 12.4 Å². The van der Waals surface area contributed by atoms with E-state index < -0.39 is 0 Å². The molecule has 3 aromatic rings. The number of nitrogens with zero attached hydrogens (tertiary/aromatic N) is 3. The van der Waals surface area contributed by atoms with Crippen LogP contribution in [0.2, 0.25) is 0 Å². The van der Waals surface area contributed by atoms with Crippen molar-refractivity contribution in [3.63, 3.8) is 0 Å². The van der Waals surface area contributed by atoms with Crippen LogP contribution in [0.3, 0.4) is 0 Å². The van der Waals surface area contributed by atoms with Gasteiger partial charge in [0.15, 0.2) is 0 Å². The number of pyridine rings is 1. The summed E-state index contributed by atoms with van der Waals surface area (Å²) in [5.74, 6) is 2.10. The van der Waals surface area contributed by atoms with Crippen LogP contribution in [0.5, 0.6) is 5.88 Å². The molecule has 152 valence electrons. The molecule has 2 fully saturated rings. The fourth-order valence-electron chi connectivity index (χ4n) is 4.10. The fourth-order valence-corrected chi connectivity index (χ4v) is 4.10. The minimum atomic E-state index is 0. The van der Waals surface area contributed by atoms with Crippen LogP contribution in [0, 0.1) is 0 Å². The number of halogens is 1. The topological polar surface area (TPSA) is 72.0 Å². The molecular weight excluding hydrogens is 386 g/mol.